The zero-order chi connectivity index (χ0) is 4.28. The van der Waals surface area contributed by atoms with Crippen molar-refractivity contribution in [2.45, 2.75) is 13.8 Å². The molecule has 5 heavy (non-hydrogen) atoms. The molecule has 1 heteroatoms. The normalized spacial score (nSPS) is 12.2. The van der Waals surface area contributed by atoms with Gasteiger partial charge in [0.05, 0.1) is 0 Å². The molecule has 0 radical (unpaired) electrons. The van der Waals surface area contributed by atoms with Crippen LogP contribution in [0.2, 0.25) is 0 Å². The molecule has 0 amide bonds. The van der Waals surface area contributed by atoms with Crippen LogP contribution in [0.4, 0.5) is 0 Å². The van der Waals surface area contributed by atoms with E-state index in [0.29, 0.717) is 0 Å². The van der Waals surface area contributed by atoms with Crippen molar-refractivity contribution < 1.29 is 0 Å². The van der Waals surface area contributed by atoms with Crippen molar-refractivity contribution in [3.05, 3.63) is 11.4 Å². The highest BCUT2D eigenvalue weighted by atomic mass is 31.0. The number of hydrogen-bond donors (Lipinski definition) is 0. The van der Waals surface area contributed by atoms with E-state index in [1.165, 1.54) is 5.31 Å². The molecule has 1 unspecified atom stereocenters. The van der Waals surface area contributed by atoms with Crippen LogP contribution < -0.4 is 0 Å². The SMILES string of the molecule is C/C=C(/C)P. The Morgan fingerprint density at radius 2 is 2.00 bits per heavy atom. The molecule has 0 aliphatic carbocycles. The van der Waals surface area contributed by atoms with Gasteiger partial charge in [-0.3, -0.25) is 0 Å². The Hall–Kier alpha value is 0.170. The molecule has 0 aliphatic rings. The standard InChI is InChI=1S/C4H9P/c1-3-4(2)5/h3H,5H2,1-2H3/b4-3-. The topological polar surface area (TPSA) is 0 Å². The molecule has 0 nitrogen and oxygen atoms in total. The van der Waals surface area contributed by atoms with Gasteiger partial charge in [-0.05, 0) is 13.8 Å². The summed E-state index contributed by atoms with van der Waals surface area (Å²) >= 11 is 0. The van der Waals surface area contributed by atoms with Crippen molar-refractivity contribution >= 4 is 9.24 Å². The summed E-state index contributed by atoms with van der Waals surface area (Å²) < 4.78 is 0. The lowest BCUT2D eigenvalue weighted by Crippen LogP contribution is -1.43. The van der Waals surface area contributed by atoms with E-state index in [0.717, 1.165) is 0 Å². The third kappa shape index (κ3) is 4.17. The Morgan fingerprint density at radius 1 is 1.80 bits per heavy atom. The predicted octanol–water partition coefficient (Wildman–Crippen LogP) is 1.79. The summed E-state index contributed by atoms with van der Waals surface area (Å²) in [6, 6.07) is 0. The van der Waals surface area contributed by atoms with E-state index in [1.807, 2.05) is 19.9 Å². The lowest BCUT2D eigenvalue weighted by Gasteiger charge is -1.74. The average molecular weight is 88.1 g/mol. The van der Waals surface area contributed by atoms with Gasteiger partial charge >= 0.3 is 0 Å². The maximum atomic E-state index is 2.59. The van der Waals surface area contributed by atoms with Crippen LogP contribution in [0.1, 0.15) is 13.8 Å². The van der Waals surface area contributed by atoms with Crippen LogP contribution in [0, 0.1) is 0 Å². The minimum absolute atomic E-state index is 1.30. The lowest BCUT2D eigenvalue weighted by atomic mass is 10.6. The number of allylic oxidation sites excluding steroid dienone is 2. The van der Waals surface area contributed by atoms with Crippen molar-refractivity contribution in [3.63, 3.8) is 0 Å². The van der Waals surface area contributed by atoms with Crippen LogP contribution in [-0.2, 0) is 0 Å². The molecule has 0 spiro atoms. The first-order valence-corrected chi connectivity index (χ1v) is 2.23. The molecule has 0 bridgehead atoms. The summed E-state index contributed by atoms with van der Waals surface area (Å²) in [6.45, 7) is 4.06. The zero-order valence-electron chi connectivity index (χ0n) is 3.65. The summed E-state index contributed by atoms with van der Waals surface area (Å²) in [5.74, 6) is 0. The van der Waals surface area contributed by atoms with Gasteiger partial charge in [-0.1, -0.05) is 11.4 Å². The van der Waals surface area contributed by atoms with E-state index in [1.54, 1.807) is 0 Å². The minimum atomic E-state index is 1.30. The van der Waals surface area contributed by atoms with Gasteiger partial charge in [0.25, 0.3) is 0 Å². The molecule has 1 atom stereocenters. The molecule has 0 N–H and O–H groups in total. The molecule has 0 aromatic carbocycles. The van der Waals surface area contributed by atoms with Gasteiger partial charge in [0.15, 0.2) is 0 Å². The number of rotatable bonds is 0. The Morgan fingerprint density at radius 3 is 2.00 bits per heavy atom. The second-order valence-corrected chi connectivity index (χ2v) is 1.94. The van der Waals surface area contributed by atoms with Crippen molar-refractivity contribution in [2.75, 3.05) is 0 Å². The van der Waals surface area contributed by atoms with Gasteiger partial charge in [-0.15, -0.1) is 9.24 Å². The Kier molecular flexibility index (Phi) is 2.49. The number of hydrogen-bond acceptors (Lipinski definition) is 0. The second-order valence-electron chi connectivity index (χ2n) is 1.03. The van der Waals surface area contributed by atoms with Crippen LogP contribution in [0.5, 0.6) is 0 Å². The molecule has 30 valence electrons. The fourth-order valence-corrected chi connectivity index (χ4v) is 0. The van der Waals surface area contributed by atoms with Crippen molar-refractivity contribution in [3.8, 4) is 0 Å². The van der Waals surface area contributed by atoms with Gasteiger partial charge in [0, 0.05) is 0 Å². The maximum absolute atomic E-state index is 2.59. The summed E-state index contributed by atoms with van der Waals surface area (Å²) in [5.41, 5.74) is 0. The van der Waals surface area contributed by atoms with Gasteiger partial charge in [0.1, 0.15) is 0 Å². The first-order chi connectivity index (χ1) is 2.27. The van der Waals surface area contributed by atoms with Crippen molar-refractivity contribution in [2.24, 2.45) is 0 Å². The minimum Gasteiger partial charge on any atom is -0.111 e. The van der Waals surface area contributed by atoms with Gasteiger partial charge < -0.3 is 0 Å². The highest BCUT2D eigenvalue weighted by Gasteiger charge is 1.60. The van der Waals surface area contributed by atoms with E-state index in [2.05, 4.69) is 9.24 Å². The quantitative estimate of drug-likeness (QED) is 0.396. The fourth-order valence-electron chi connectivity index (χ4n) is 0. The summed E-state index contributed by atoms with van der Waals surface area (Å²) in [4.78, 5) is 0. The van der Waals surface area contributed by atoms with Gasteiger partial charge in [-0.2, -0.15) is 0 Å². The molecule has 0 rings (SSSR count). The first-order valence-electron chi connectivity index (χ1n) is 1.65. The Bertz CT molecular complexity index is 41.6. The molecule has 0 saturated carbocycles. The van der Waals surface area contributed by atoms with Crippen LogP contribution in [0.25, 0.3) is 0 Å². The van der Waals surface area contributed by atoms with Crippen LogP contribution in [0.3, 0.4) is 0 Å². The zero-order valence-corrected chi connectivity index (χ0v) is 4.81. The molecule has 0 saturated heterocycles. The lowest BCUT2D eigenvalue weighted by molar-refractivity contribution is 1.60. The van der Waals surface area contributed by atoms with E-state index in [4.69, 9.17) is 0 Å². The van der Waals surface area contributed by atoms with Gasteiger partial charge in [0.2, 0.25) is 0 Å². The summed E-state index contributed by atoms with van der Waals surface area (Å²) in [7, 11) is 2.59. The van der Waals surface area contributed by atoms with Gasteiger partial charge in [-0.25, -0.2) is 0 Å². The smallest absolute Gasteiger partial charge is 0.0402 e. The highest BCUT2D eigenvalue weighted by Crippen LogP contribution is 1.98. The van der Waals surface area contributed by atoms with Crippen LogP contribution >= 0.6 is 9.24 Å². The molecule has 0 heterocycles. The fraction of sp³-hybridized carbons (Fsp3) is 0.500. The van der Waals surface area contributed by atoms with E-state index in [9.17, 15) is 0 Å². The Balaban J connectivity index is 3.14. The molecular formula is C4H9P. The molecule has 0 aromatic heterocycles. The third-order valence-corrected chi connectivity index (χ3v) is 0.789. The second kappa shape index (κ2) is 2.41. The monoisotopic (exact) mass is 88.0 g/mol. The van der Waals surface area contributed by atoms with Crippen molar-refractivity contribution in [1.82, 2.24) is 0 Å². The summed E-state index contributed by atoms with van der Waals surface area (Å²) in [5, 5.41) is 1.30. The highest BCUT2D eigenvalue weighted by molar-refractivity contribution is 7.22. The molecule has 0 aliphatic heterocycles. The molecule has 0 aromatic rings. The van der Waals surface area contributed by atoms with Crippen LogP contribution in [-0.4, -0.2) is 0 Å². The van der Waals surface area contributed by atoms with E-state index >= 15 is 0 Å². The molecule has 0 fully saturated rings. The third-order valence-electron chi connectivity index (χ3n) is 0.455. The first kappa shape index (κ1) is 5.17. The average Bonchev–Trinajstić information content (AvgIpc) is 1.38. The summed E-state index contributed by atoms with van der Waals surface area (Å²) in [6.07, 6.45) is 2.05. The van der Waals surface area contributed by atoms with Crippen molar-refractivity contribution in [1.29, 1.82) is 0 Å². The predicted molar refractivity (Wildman–Crippen MR) is 29.1 cm³/mol. The largest absolute Gasteiger partial charge is 0.111 e. The van der Waals surface area contributed by atoms with Crippen LogP contribution in [0.15, 0.2) is 11.4 Å². The Labute approximate surface area is 35.5 Å². The molecular weight excluding hydrogens is 79.0 g/mol. The maximum Gasteiger partial charge on any atom is -0.0402 e. The van der Waals surface area contributed by atoms with E-state index < -0.39 is 0 Å². The van der Waals surface area contributed by atoms with E-state index in [-0.39, 0.29) is 0 Å².